The van der Waals surface area contributed by atoms with E-state index in [1.54, 1.807) is 10.7 Å². The van der Waals surface area contributed by atoms with E-state index in [2.05, 4.69) is 15.5 Å². The third-order valence-corrected chi connectivity index (χ3v) is 3.72. The number of halogens is 1. The maximum absolute atomic E-state index is 6.20. The average molecular weight is 294 g/mol. The van der Waals surface area contributed by atoms with Gasteiger partial charge in [0.25, 0.3) is 0 Å². The van der Waals surface area contributed by atoms with Gasteiger partial charge in [0.15, 0.2) is 5.82 Å². The molecule has 0 unspecified atom stereocenters. The predicted octanol–water partition coefficient (Wildman–Crippen LogP) is 2.00. The SMILES string of the molecule is Nc1cccc(-c2nnnn2CCOCC2CC2)c1Cl. The first-order chi connectivity index (χ1) is 9.75. The fourth-order valence-electron chi connectivity index (χ4n) is 1.96. The topological polar surface area (TPSA) is 78.9 Å². The van der Waals surface area contributed by atoms with Crippen LogP contribution >= 0.6 is 11.6 Å². The highest BCUT2D eigenvalue weighted by atomic mass is 35.5. The summed E-state index contributed by atoms with van der Waals surface area (Å²) in [6.45, 7) is 2.02. The van der Waals surface area contributed by atoms with Crippen molar-refractivity contribution in [3.05, 3.63) is 23.2 Å². The van der Waals surface area contributed by atoms with E-state index in [0.717, 1.165) is 18.1 Å². The van der Waals surface area contributed by atoms with Crippen molar-refractivity contribution in [2.24, 2.45) is 5.92 Å². The number of nitrogens with two attached hydrogens (primary N) is 1. The molecule has 1 aliphatic carbocycles. The number of ether oxygens (including phenoxy) is 1. The van der Waals surface area contributed by atoms with Crippen LogP contribution < -0.4 is 5.73 Å². The van der Waals surface area contributed by atoms with Gasteiger partial charge in [0.1, 0.15) is 0 Å². The summed E-state index contributed by atoms with van der Waals surface area (Å²) in [4.78, 5) is 0. The molecule has 3 rings (SSSR count). The number of anilines is 1. The van der Waals surface area contributed by atoms with Crippen molar-refractivity contribution in [2.45, 2.75) is 19.4 Å². The van der Waals surface area contributed by atoms with Crippen molar-refractivity contribution in [3.8, 4) is 11.4 Å². The van der Waals surface area contributed by atoms with Gasteiger partial charge in [-0.25, -0.2) is 4.68 Å². The lowest BCUT2D eigenvalue weighted by Crippen LogP contribution is -2.10. The monoisotopic (exact) mass is 293 g/mol. The number of aromatic nitrogens is 4. The third kappa shape index (κ3) is 2.91. The van der Waals surface area contributed by atoms with Gasteiger partial charge in [-0.1, -0.05) is 17.7 Å². The van der Waals surface area contributed by atoms with Crippen molar-refractivity contribution >= 4 is 17.3 Å². The van der Waals surface area contributed by atoms with E-state index in [1.165, 1.54) is 12.8 Å². The molecule has 1 fully saturated rings. The first-order valence-corrected chi connectivity index (χ1v) is 7.02. The summed E-state index contributed by atoms with van der Waals surface area (Å²) in [5.41, 5.74) is 7.06. The minimum Gasteiger partial charge on any atom is -0.398 e. The van der Waals surface area contributed by atoms with E-state index >= 15 is 0 Å². The Morgan fingerprint density at radius 1 is 1.40 bits per heavy atom. The fourth-order valence-corrected chi connectivity index (χ4v) is 2.17. The van der Waals surface area contributed by atoms with Crippen molar-refractivity contribution in [1.29, 1.82) is 0 Å². The second-order valence-corrected chi connectivity index (χ2v) is 5.33. The highest BCUT2D eigenvalue weighted by Gasteiger charge is 2.21. The average Bonchev–Trinajstić information content (AvgIpc) is 3.16. The van der Waals surface area contributed by atoms with Crippen LogP contribution in [0.5, 0.6) is 0 Å². The summed E-state index contributed by atoms with van der Waals surface area (Å²) in [7, 11) is 0. The minimum atomic E-state index is 0.474. The zero-order chi connectivity index (χ0) is 13.9. The van der Waals surface area contributed by atoms with Crippen LogP contribution in [0.25, 0.3) is 11.4 Å². The van der Waals surface area contributed by atoms with Crippen LogP contribution in [0.2, 0.25) is 5.02 Å². The summed E-state index contributed by atoms with van der Waals surface area (Å²) in [6.07, 6.45) is 2.57. The fraction of sp³-hybridized carbons (Fsp3) is 0.462. The highest BCUT2D eigenvalue weighted by molar-refractivity contribution is 6.35. The largest absolute Gasteiger partial charge is 0.398 e. The number of hydrogen-bond donors (Lipinski definition) is 1. The molecule has 0 aliphatic heterocycles. The molecule has 7 heteroatoms. The Kier molecular flexibility index (Phi) is 3.84. The number of nitrogens with zero attached hydrogens (tertiary/aromatic N) is 4. The van der Waals surface area contributed by atoms with E-state index in [1.807, 2.05) is 12.1 Å². The van der Waals surface area contributed by atoms with Crippen LogP contribution in [0.3, 0.4) is 0 Å². The maximum Gasteiger partial charge on any atom is 0.183 e. The molecular weight excluding hydrogens is 278 g/mol. The zero-order valence-corrected chi connectivity index (χ0v) is 11.8. The summed E-state index contributed by atoms with van der Waals surface area (Å²) in [5.74, 6) is 1.36. The molecule has 106 valence electrons. The lowest BCUT2D eigenvalue weighted by molar-refractivity contribution is 0.114. The first kappa shape index (κ1) is 13.3. The summed E-state index contributed by atoms with van der Waals surface area (Å²) >= 11 is 6.20. The van der Waals surface area contributed by atoms with Gasteiger partial charge in [-0.3, -0.25) is 0 Å². The van der Waals surface area contributed by atoms with Crippen molar-refractivity contribution in [2.75, 3.05) is 18.9 Å². The molecule has 0 atom stereocenters. The molecule has 2 N–H and O–H groups in total. The molecule has 0 amide bonds. The quantitative estimate of drug-likeness (QED) is 0.651. The van der Waals surface area contributed by atoms with Gasteiger partial charge in [-0.15, -0.1) is 5.10 Å². The molecule has 2 aromatic rings. The molecule has 1 saturated carbocycles. The Hall–Kier alpha value is -1.66. The molecule has 20 heavy (non-hydrogen) atoms. The molecule has 0 radical (unpaired) electrons. The van der Waals surface area contributed by atoms with Crippen LogP contribution in [-0.4, -0.2) is 33.4 Å². The molecule has 1 aliphatic rings. The zero-order valence-electron chi connectivity index (χ0n) is 11.0. The van der Waals surface area contributed by atoms with Crippen molar-refractivity contribution in [1.82, 2.24) is 20.2 Å². The minimum absolute atomic E-state index is 0.474. The molecular formula is C13H16ClN5O. The highest BCUT2D eigenvalue weighted by Crippen LogP contribution is 2.30. The van der Waals surface area contributed by atoms with Gasteiger partial charge in [-0.05, 0) is 41.3 Å². The van der Waals surface area contributed by atoms with E-state index in [9.17, 15) is 0 Å². The van der Waals surface area contributed by atoms with Gasteiger partial charge in [0, 0.05) is 12.2 Å². The first-order valence-electron chi connectivity index (χ1n) is 6.64. The molecule has 0 bridgehead atoms. The van der Waals surface area contributed by atoms with Gasteiger partial charge in [0.2, 0.25) is 0 Å². The number of rotatable bonds is 6. The number of hydrogen-bond acceptors (Lipinski definition) is 5. The summed E-state index contributed by atoms with van der Waals surface area (Å²) in [6, 6.07) is 5.43. The normalized spacial score (nSPS) is 14.7. The number of benzene rings is 1. The lowest BCUT2D eigenvalue weighted by atomic mass is 10.2. The third-order valence-electron chi connectivity index (χ3n) is 3.30. The van der Waals surface area contributed by atoms with E-state index in [0.29, 0.717) is 29.7 Å². The maximum atomic E-state index is 6.20. The van der Waals surface area contributed by atoms with Crippen LogP contribution in [-0.2, 0) is 11.3 Å². The van der Waals surface area contributed by atoms with Crippen molar-refractivity contribution in [3.63, 3.8) is 0 Å². The molecule has 6 nitrogen and oxygen atoms in total. The molecule has 1 aromatic carbocycles. The molecule has 0 spiro atoms. The molecule has 1 heterocycles. The van der Waals surface area contributed by atoms with Gasteiger partial charge >= 0.3 is 0 Å². The van der Waals surface area contributed by atoms with E-state index < -0.39 is 0 Å². The van der Waals surface area contributed by atoms with Gasteiger partial charge in [-0.2, -0.15) is 0 Å². The summed E-state index contributed by atoms with van der Waals surface area (Å²) in [5, 5.41) is 12.2. The Morgan fingerprint density at radius 2 is 2.25 bits per heavy atom. The Balaban J connectivity index is 1.70. The Labute approximate surface area is 121 Å². The predicted molar refractivity (Wildman–Crippen MR) is 76.2 cm³/mol. The van der Waals surface area contributed by atoms with Gasteiger partial charge in [0.05, 0.1) is 23.9 Å². The van der Waals surface area contributed by atoms with Gasteiger partial charge < -0.3 is 10.5 Å². The van der Waals surface area contributed by atoms with Crippen LogP contribution in [0.4, 0.5) is 5.69 Å². The van der Waals surface area contributed by atoms with Crippen LogP contribution in [0, 0.1) is 5.92 Å². The van der Waals surface area contributed by atoms with E-state index in [-0.39, 0.29) is 0 Å². The number of tetrazole rings is 1. The smallest absolute Gasteiger partial charge is 0.183 e. The summed E-state index contributed by atoms with van der Waals surface area (Å²) < 4.78 is 7.29. The lowest BCUT2D eigenvalue weighted by Gasteiger charge is -2.08. The second kappa shape index (κ2) is 5.76. The molecule has 0 saturated heterocycles. The van der Waals surface area contributed by atoms with Crippen LogP contribution in [0.15, 0.2) is 18.2 Å². The van der Waals surface area contributed by atoms with Crippen molar-refractivity contribution < 1.29 is 4.74 Å². The van der Waals surface area contributed by atoms with Crippen LogP contribution in [0.1, 0.15) is 12.8 Å². The molecule has 1 aromatic heterocycles. The Morgan fingerprint density at radius 3 is 3.05 bits per heavy atom. The second-order valence-electron chi connectivity index (χ2n) is 4.95. The number of nitrogen functional groups attached to an aromatic ring is 1. The Bertz CT molecular complexity index is 596. The standard InChI is InChI=1S/C13H16ClN5O/c14-12-10(2-1-3-11(12)15)13-16-17-18-19(13)6-7-20-8-9-4-5-9/h1-3,9H,4-8,15H2. The van der Waals surface area contributed by atoms with E-state index in [4.69, 9.17) is 22.1 Å².